The fourth-order valence-electron chi connectivity index (χ4n) is 2.52. The van der Waals surface area contributed by atoms with Gasteiger partial charge in [-0.2, -0.15) is 4.98 Å². The van der Waals surface area contributed by atoms with Crippen LogP contribution in [0.5, 0.6) is 5.88 Å². The molecule has 3 aromatic rings. The number of ether oxygens (including phenoxy) is 2. The summed E-state index contributed by atoms with van der Waals surface area (Å²) in [5.74, 6) is 0.575. The van der Waals surface area contributed by atoms with Gasteiger partial charge in [0.25, 0.3) is 0 Å². The number of rotatable bonds is 6. The van der Waals surface area contributed by atoms with Gasteiger partial charge in [0.15, 0.2) is 11.9 Å². The maximum atomic E-state index is 12.1. The molecule has 0 radical (unpaired) electrons. The van der Waals surface area contributed by atoms with E-state index in [1.54, 1.807) is 6.92 Å². The average molecular weight is 336 g/mol. The number of nitrogens with zero attached hydrogens (tertiary/aromatic N) is 2. The van der Waals surface area contributed by atoms with E-state index >= 15 is 0 Å². The number of hydrogen-bond donors (Lipinski definition) is 0. The zero-order chi connectivity index (χ0) is 17.6. The molecule has 0 aliphatic rings. The summed E-state index contributed by atoms with van der Waals surface area (Å²) in [5, 5.41) is 0.768. The minimum Gasteiger partial charge on any atom is -0.463 e. The molecule has 5 heteroatoms. The zero-order valence-corrected chi connectivity index (χ0v) is 14.3. The lowest BCUT2D eigenvalue weighted by Gasteiger charge is -2.17. The van der Waals surface area contributed by atoms with E-state index in [0.717, 1.165) is 16.5 Å². The van der Waals surface area contributed by atoms with E-state index in [9.17, 15) is 4.79 Å². The lowest BCUT2D eigenvalue weighted by atomic mass is 10.2. The van der Waals surface area contributed by atoms with Gasteiger partial charge in [0.2, 0.25) is 5.88 Å². The third-order valence-corrected chi connectivity index (χ3v) is 3.77. The number of carbonyl (C=O) groups excluding carboxylic acids is 1. The first-order valence-electron chi connectivity index (χ1n) is 8.38. The Bertz CT molecular complexity index is 865. The van der Waals surface area contributed by atoms with Crippen molar-refractivity contribution in [3.8, 4) is 17.3 Å². The molecule has 1 aromatic heterocycles. The first-order valence-corrected chi connectivity index (χ1v) is 8.38. The van der Waals surface area contributed by atoms with Gasteiger partial charge in [-0.15, -0.1) is 0 Å². The third-order valence-electron chi connectivity index (χ3n) is 3.77. The van der Waals surface area contributed by atoms with E-state index in [0.29, 0.717) is 24.7 Å². The highest BCUT2D eigenvalue weighted by molar-refractivity contribution is 5.85. The first-order chi connectivity index (χ1) is 12.2. The van der Waals surface area contributed by atoms with Crippen molar-refractivity contribution in [3.05, 3.63) is 54.6 Å². The van der Waals surface area contributed by atoms with Crippen LogP contribution in [0.1, 0.15) is 20.3 Å². The van der Waals surface area contributed by atoms with Crippen molar-refractivity contribution in [2.75, 3.05) is 6.61 Å². The largest absolute Gasteiger partial charge is 0.463 e. The molecule has 0 aliphatic heterocycles. The minimum absolute atomic E-state index is 0.318. The Morgan fingerprint density at radius 3 is 2.44 bits per heavy atom. The Hall–Kier alpha value is -2.95. The molecule has 0 N–H and O–H groups in total. The summed E-state index contributed by atoms with van der Waals surface area (Å²) in [6.07, 6.45) is -0.195. The summed E-state index contributed by atoms with van der Waals surface area (Å²) in [5.41, 5.74) is 1.66. The molecule has 128 valence electrons. The molecule has 1 atom stereocenters. The molecular formula is C20H20N2O3. The van der Waals surface area contributed by atoms with Crippen LogP contribution < -0.4 is 4.74 Å². The van der Waals surface area contributed by atoms with Gasteiger partial charge in [0.1, 0.15) is 0 Å². The van der Waals surface area contributed by atoms with E-state index in [1.165, 1.54) is 0 Å². The number of aromatic nitrogens is 2. The number of carbonyl (C=O) groups is 1. The molecule has 0 saturated heterocycles. The fourth-order valence-corrected chi connectivity index (χ4v) is 2.52. The number of hydrogen-bond acceptors (Lipinski definition) is 5. The molecule has 2 aromatic carbocycles. The molecule has 0 aliphatic carbocycles. The van der Waals surface area contributed by atoms with Crippen molar-refractivity contribution in [3.63, 3.8) is 0 Å². The molecular weight excluding hydrogens is 316 g/mol. The third kappa shape index (κ3) is 3.76. The van der Waals surface area contributed by atoms with Crippen molar-refractivity contribution >= 4 is 16.9 Å². The molecule has 5 nitrogen and oxygen atoms in total. The van der Waals surface area contributed by atoms with Crippen molar-refractivity contribution in [1.29, 1.82) is 0 Å². The highest BCUT2D eigenvalue weighted by Gasteiger charge is 2.22. The highest BCUT2D eigenvalue weighted by Crippen LogP contribution is 2.27. The topological polar surface area (TPSA) is 61.3 Å². The Labute approximate surface area is 146 Å². The monoisotopic (exact) mass is 336 g/mol. The van der Waals surface area contributed by atoms with Crippen LogP contribution in [0.3, 0.4) is 0 Å². The van der Waals surface area contributed by atoms with Crippen LogP contribution in [0.2, 0.25) is 0 Å². The minimum atomic E-state index is -0.693. The molecule has 25 heavy (non-hydrogen) atoms. The average Bonchev–Trinajstić information content (AvgIpc) is 2.66. The molecule has 0 saturated carbocycles. The SMILES string of the molecule is CCOC(=O)C(CC)Oc1nc(-c2ccccc2)nc2ccccc12. The lowest BCUT2D eigenvalue weighted by Crippen LogP contribution is -2.29. The summed E-state index contributed by atoms with van der Waals surface area (Å²) in [7, 11) is 0. The van der Waals surface area contributed by atoms with Crippen LogP contribution in [0.25, 0.3) is 22.3 Å². The second-order valence-corrected chi connectivity index (χ2v) is 5.50. The smallest absolute Gasteiger partial charge is 0.347 e. The van der Waals surface area contributed by atoms with Crippen molar-refractivity contribution in [1.82, 2.24) is 9.97 Å². The molecule has 0 fully saturated rings. The van der Waals surface area contributed by atoms with Crippen LogP contribution in [-0.2, 0) is 9.53 Å². The summed E-state index contributed by atoms with van der Waals surface area (Å²) in [4.78, 5) is 21.3. The van der Waals surface area contributed by atoms with Gasteiger partial charge in [-0.25, -0.2) is 9.78 Å². The van der Waals surface area contributed by atoms with Crippen LogP contribution >= 0.6 is 0 Å². The second kappa shape index (κ2) is 7.75. The van der Waals surface area contributed by atoms with Crippen LogP contribution in [-0.4, -0.2) is 28.6 Å². The van der Waals surface area contributed by atoms with Gasteiger partial charge < -0.3 is 9.47 Å². The van der Waals surface area contributed by atoms with Crippen molar-refractivity contribution < 1.29 is 14.3 Å². The van der Waals surface area contributed by atoms with Crippen molar-refractivity contribution in [2.45, 2.75) is 26.4 Å². The van der Waals surface area contributed by atoms with Gasteiger partial charge in [0.05, 0.1) is 17.5 Å². The van der Waals surface area contributed by atoms with Crippen LogP contribution in [0, 0.1) is 0 Å². The van der Waals surface area contributed by atoms with Crippen LogP contribution in [0.15, 0.2) is 54.6 Å². The summed E-state index contributed by atoms with van der Waals surface area (Å²) in [6.45, 7) is 3.97. The normalized spacial score (nSPS) is 11.9. The number of benzene rings is 2. The predicted octanol–water partition coefficient (Wildman–Crippen LogP) is 4.02. The van der Waals surface area contributed by atoms with Gasteiger partial charge in [-0.3, -0.25) is 0 Å². The Morgan fingerprint density at radius 1 is 1.00 bits per heavy atom. The van der Waals surface area contributed by atoms with E-state index in [4.69, 9.17) is 9.47 Å². The van der Waals surface area contributed by atoms with E-state index in [2.05, 4.69) is 9.97 Å². The second-order valence-electron chi connectivity index (χ2n) is 5.50. The Kier molecular flexibility index (Phi) is 5.23. The van der Waals surface area contributed by atoms with E-state index in [-0.39, 0.29) is 5.97 Å². The summed E-state index contributed by atoms with van der Waals surface area (Å²) in [6, 6.07) is 17.3. The Morgan fingerprint density at radius 2 is 1.72 bits per heavy atom. The maximum absolute atomic E-state index is 12.1. The molecule has 0 amide bonds. The Balaban J connectivity index is 2.05. The highest BCUT2D eigenvalue weighted by atomic mass is 16.6. The molecule has 1 heterocycles. The number of para-hydroxylation sites is 1. The van der Waals surface area contributed by atoms with E-state index < -0.39 is 6.10 Å². The van der Waals surface area contributed by atoms with E-state index in [1.807, 2.05) is 61.5 Å². The quantitative estimate of drug-likeness (QED) is 0.636. The number of fused-ring (bicyclic) bond motifs is 1. The van der Waals surface area contributed by atoms with Gasteiger partial charge in [0, 0.05) is 5.56 Å². The summed E-state index contributed by atoms with van der Waals surface area (Å²) >= 11 is 0. The fraction of sp³-hybridized carbons (Fsp3) is 0.250. The lowest BCUT2D eigenvalue weighted by molar-refractivity contribution is -0.151. The molecule has 1 unspecified atom stereocenters. The molecule has 0 spiro atoms. The maximum Gasteiger partial charge on any atom is 0.347 e. The molecule has 0 bridgehead atoms. The van der Waals surface area contributed by atoms with Gasteiger partial charge >= 0.3 is 5.97 Å². The molecule has 3 rings (SSSR count). The first kappa shape index (κ1) is 16.9. The predicted molar refractivity (Wildman–Crippen MR) is 96.3 cm³/mol. The van der Waals surface area contributed by atoms with Gasteiger partial charge in [-0.05, 0) is 25.5 Å². The van der Waals surface area contributed by atoms with Crippen molar-refractivity contribution in [2.24, 2.45) is 0 Å². The summed E-state index contributed by atoms with van der Waals surface area (Å²) < 4.78 is 11.0. The zero-order valence-electron chi connectivity index (χ0n) is 14.3. The standard InChI is InChI=1S/C20H20N2O3/c1-3-17(20(23)24-4-2)25-19-15-12-8-9-13-16(15)21-18(22-19)14-10-6-5-7-11-14/h5-13,17H,3-4H2,1-2H3. The number of esters is 1. The van der Waals surface area contributed by atoms with Crippen LogP contribution in [0.4, 0.5) is 0 Å². The van der Waals surface area contributed by atoms with Gasteiger partial charge in [-0.1, -0.05) is 49.4 Å².